The van der Waals surface area contributed by atoms with E-state index in [1.807, 2.05) is 0 Å². The molecule has 10 heteroatoms. The van der Waals surface area contributed by atoms with E-state index in [9.17, 15) is 20.5 Å². The Balaban J connectivity index is 2.17. The number of phenolic OH excluding ortho intramolecular Hbond substituents is 1. The van der Waals surface area contributed by atoms with Crippen molar-refractivity contribution in [2.75, 3.05) is 7.11 Å². The number of H-pyrrole nitrogens is 1. The molecule has 0 amide bonds. The Morgan fingerprint density at radius 1 is 1.50 bits per heavy atom. The summed E-state index contributed by atoms with van der Waals surface area (Å²) in [5, 5.41) is 38.5. The van der Waals surface area contributed by atoms with Crippen LogP contribution in [0.2, 0.25) is 0 Å². The molecule has 2 aromatic rings. The Morgan fingerprint density at radius 2 is 2.23 bits per heavy atom. The van der Waals surface area contributed by atoms with Gasteiger partial charge < -0.3 is 20.3 Å². The smallest absolute Gasteiger partial charge is 0.314 e. The van der Waals surface area contributed by atoms with Crippen LogP contribution in [0, 0.1) is 27.4 Å². The van der Waals surface area contributed by atoms with Crippen LogP contribution in [-0.4, -0.2) is 27.3 Å². The Hall–Kier alpha value is -3.74. The fourth-order valence-electron chi connectivity index (χ4n) is 3.59. The van der Waals surface area contributed by atoms with Gasteiger partial charge in [0.2, 0.25) is 17.5 Å². The number of ether oxygens (including phenoxy) is 2. The van der Waals surface area contributed by atoms with Gasteiger partial charge >= 0.3 is 5.69 Å². The fourth-order valence-corrected chi connectivity index (χ4v) is 3.59. The summed E-state index contributed by atoms with van der Waals surface area (Å²) in [6.07, 6.45) is 2.51. The van der Waals surface area contributed by atoms with E-state index in [0.29, 0.717) is 35.0 Å². The van der Waals surface area contributed by atoms with Crippen LogP contribution in [0.5, 0.6) is 17.4 Å². The number of hydrogen-bond acceptors (Lipinski definition) is 8. The number of nitrogens with zero attached hydrogens (tertiary/aromatic N) is 3. The van der Waals surface area contributed by atoms with Crippen LogP contribution in [0.3, 0.4) is 0 Å². The number of fused-ring (bicyclic) bond motifs is 1. The van der Waals surface area contributed by atoms with Crippen molar-refractivity contribution >= 4 is 5.69 Å². The van der Waals surface area contributed by atoms with Gasteiger partial charge in [0.15, 0.2) is 5.75 Å². The summed E-state index contributed by atoms with van der Waals surface area (Å²) in [5.74, 6) is -0.695. The minimum absolute atomic E-state index is 0.0760. The highest BCUT2D eigenvalue weighted by Gasteiger charge is 2.36. The Kier molecular flexibility index (Phi) is 5.82. The molecule has 4 N–H and O–H groups in total. The van der Waals surface area contributed by atoms with Gasteiger partial charge in [0.25, 0.3) is 0 Å². The SMILES string of the molecule is COc1cc(C2C(C#N)=C(N)Oc3[nH]nc(CCCC(C)C)c32)cc([N+](=O)[O-])c1O. The molecule has 1 unspecified atom stereocenters. The molecule has 1 atom stereocenters. The number of phenols is 1. The number of rotatable bonds is 7. The number of hydrogen-bond donors (Lipinski definition) is 3. The molecule has 0 radical (unpaired) electrons. The predicted octanol–water partition coefficient (Wildman–Crippen LogP) is 3.23. The topological polar surface area (TPSA) is 160 Å². The van der Waals surface area contributed by atoms with Gasteiger partial charge in [0.1, 0.15) is 11.6 Å². The van der Waals surface area contributed by atoms with E-state index >= 15 is 0 Å². The maximum absolute atomic E-state index is 11.5. The van der Waals surface area contributed by atoms with Crippen molar-refractivity contribution in [2.45, 2.75) is 39.0 Å². The quantitative estimate of drug-likeness (QED) is 0.460. The maximum Gasteiger partial charge on any atom is 0.314 e. The van der Waals surface area contributed by atoms with Gasteiger partial charge in [-0.1, -0.05) is 20.3 Å². The van der Waals surface area contributed by atoms with Crippen LogP contribution in [0.1, 0.15) is 49.4 Å². The number of aromatic hydroxyl groups is 1. The second kappa shape index (κ2) is 8.32. The minimum Gasteiger partial charge on any atom is -0.500 e. The number of aromatic nitrogens is 2. The lowest BCUT2D eigenvalue weighted by molar-refractivity contribution is -0.386. The first kappa shape index (κ1) is 21.0. The van der Waals surface area contributed by atoms with Crippen molar-refractivity contribution in [1.82, 2.24) is 10.2 Å². The summed E-state index contributed by atoms with van der Waals surface area (Å²) in [4.78, 5) is 10.7. The number of nitrogens with two attached hydrogens (primary N) is 1. The van der Waals surface area contributed by atoms with Crippen molar-refractivity contribution in [3.8, 4) is 23.4 Å². The van der Waals surface area contributed by atoms with Crippen molar-refractivity contribution in [1.29, 1.82) is 5.26 Å². The Bertz CT molecular complexity index is 1050. The number of benzene rings is 1. The zero-order chi connectivity index (χ0) is 22.0. The van der Waals surface area contributed by atoms with Crippen LogP contribution in [0.15, 0.2) is 23.6 Å². The van der Waals surface area contributed by atoms with E-state index in [4.69, 9.17) is 15.2 Å². The molecular formula is C20H23N5O5. The molecule has 0 spiro atoms. The highest BCUT2D eigenvalue weighted by atomic mass is 16.6. The highest BCUT2D eigenvalue weighted by Crippen LogP contribution is 2.47. The van der Waals surface area contributed by atoms with Gasteiger partial charge in [-0.2, -0.15) is 10.4 Å². The average Bonchev–Trinajstić information content (AvgIpc) is 3.09. The number of methoxy groups -OCH3 is 1. The van der Waals surface area contributed by atoms with E-state index in [-0.39, 0.29) is 17.2 Å². The second-order valence-corrected chi connectivity index (χ2v) is 7.47. The van der Waals surface area contributed by atoms with Crippen LogP contribution in [0.4, 0.5) is 5.69 Å². The third-order valence-electron chi connectivity index (χ3n) is 5.05. The lowest BCUT2D eigenvalue weighted by atomic mass is 9.83. The molecule has 2 heterocycles. The number of nitro groups is 1. The third kappa shape index (κ3) is 3.74. The molecule has 158 valence electrons. The first-order chi connectivity index (χ1) is 14.3. The van der Waals surface area contributed by atoms with Gasteiger partial charge in [-0.25, -0.2) is 5.10 Å². The molecule has 3 rings (SSSR count). The van der Waals surface area contributed by atoms with Crippen molar-refractivity contribution < 1.29 is 19.5 Å². The van der Waals surface area contributed by atoms with Crippen LogP contribution in [-0.2, 0) is 6.42 Å². The van der Waals surface area contributed by atoms with Gasteiger partial charge in [-0.05, 0) is 30.4 Å². The molecular weight excluding hydrogens is 390 g/mol. The summed E-state index contributed by atoms with van der Waals surface area (Å²) in [6, 6.07) is 4.72. The fraction of sp³-hybridized carbons (Fsp3) is 0.400. The largest absolute Gasteiger partial charge is 0.500 e. The Labute approximate surface area is 173 Å². The van der Waals surface area contributed by atoms with E-state index in [1.165, 1.54) is 19.2 Å². The molecule has 1 aromatic heterocycles. The third-order valence-corrected chi connectivity index (χ3v) is 5.05. The summed E-state index contributed by atoms with van der Waals surface area (Å²) >= 11 is 0. The van der Waals surface area contributed by atoms with Crippen molar-refractivity contribution in [2.24, 2.45) is 11.7 Å². The van der Waals surface area contributed by atoms with Crippen LogP contribution >= 0.6 is 0 Å². The van der Waals surface area contributed by atoms with Gasteiger partial charge in [0, 0.05) is 6.07 Å². The number of nitriles is 1. The molecule has 0 saturated carbocycles. The summed E-state index contributed by atoms with van der Waals surface area (Å²) in [7, 11) is 1.29. The lowest BCUT2D eigenvalue weighted by Crippen LogP contribution is -2.21. The molecule has 0 fully saturated rings. The first-order valence-corrected chi connectivity index (χ1v) is 9.48. The van der Waals surface area contributed by atoms with Crippen molar-refractivity contribution in [3.05, 3.63) is 50.5 Å². The number of nitrogens with one attached hydrogen (secondary N) is 1. The average molecular weight is 413 g/mol. The normalized spacial score (nSPS) is 15.5. The zero-order valence-electron chi connectivity index (χ0n) is 16.9. The predicted molar refractivity (Wildman–Crippen MR) is 107 cm³/mol. The van der Waals surface area contributed by atoms with Gasteiger partial charge in [-0.15, -0.1) is 0 Å². The molecule has 30 heavy (non-hydrogen) atoms. The van der Waals surface area contributed by atoms with Crippen molar-refractivity contribution in [3.63, 3.8) is 0 Å². The number of aromatic amines is 1. The van der Waals surface area contributed by atoms with E-state index in [0.717, 1.165) is 12.8 Å². The molecule has 1 aliphatic heterocycles. The number of nitro benzene ring substituents is 1. The summed E-state index contributed by atoms with van der Waals surface area (Å²) in [5.41, 5.74) is 7.20. The minimum atomic E-state index is -0.750. The van der Waals surface area contributed by atoms with E-state index in [1.54, 1.807) is 0 Å². The number of aryl methyl sites for hydroxylation is 1. The molecule has 0 saturated heterocycles. The highest BCUT2D eigenvalue weighted by molar-refractivity contribution is 5.63. The van der Waals surface area contributed by atoms with Crippen LogP contribution < -0.4 is 15.2 Å². The monoisotopic (exact) mass is 413 g/mol. The standard InChI is InChI=1S/C20H23N5O5/c1-10(2)5-4-6-13-17-16(12(9-21)19(22)30-20(17)24-23-13)11-7-14(25(27)28)18(26)15(8-11)29-3/h7-8,10,16,26H,4-6,22H2,1-3H3,(H,23,24). The van der Waals surface area contributed by atoms with E-state index in [2.05, 4.69) is 30.1 Å². The van der Waals surface area contributed by atoms with Gasteiger partial charge in [-0.3, -0.25) is 10.1 Å². The summed E-state index contributed by atoms with van der Waals surface area (Å²) in [6.45, 7) is 4.26. The lowest BCUT2D eigenvalue weighted by Gasteiger charge is -2.24. The Morgan fingerprint density at radius 3 is 2.83 bits per heavy atom. The van der Waals surface area contributed by atoms with E-state index < -0.39 is 22.3 Å². The number of allylic oxidation sites excluding steroid dienone is 1. The zero-order valence-corrected chi connectivity index (χ0v) is 16.9. The molecule has 10 nitrogen and oxygen atoms in total. The summed E-state index contributed by atoms with van der Waals surface area (Å²) < 4.78 is 10.7. The molecule has 0 aliphatic carbocycles. The molecule has 1 aliphatic rings. The van der Waals surface area contributed by atoms with Gasteiger partial charge in [0.05, 0.1) is 29.2 Å². The van der Waals surface area contributed by atoms with Crippen LogP contribution in [0.25, 0.3) is 0 Å². The second-order valence-electron chi connectivity index (χ2n) is 7.47. The molecule has 0 bridgehead atoms. The maximum atomic E-state index is 11.5. The first-order valence-electron chi connectivity index (χ1n) is 9.48. The molecule has 1 aromatic carbocycles.